The molecule has 0 spiro atoms. The molecule has 0 aliphatic carbocycles. The van der Waals surface area contributed by atoms with Crippen molar-refractivity contribution in [2.45, 2.75) is 6.42 Å². The minimum absolute atomic E-state index is 0.0819. The molecule has 1 aromatic rings. The van der Waals surface area contributed by atoms with Gasteiger partial charge >= 0.3 is 0 Å². The molecule has 0 fully saturated rings. The summed E-state index contributed by atoms with van der Waals surface area (Å²) in [5, 5.41) is 6.75. The van der Waals surface area contributed by atoms with Gasteiger partial charge in [0.2, 0.25) is 5.91 Å². The van der Waals surface area contributed by atoms with Crippen molar-refractivity contribution in [3.05, 3.63) is 28.2 Å². The average molecular weight is 304 g/mol. The number of hydrogen-bond acceptors (Lipinski definition) is 3. The second-order valence-electron chi connectivity index (χ2n) is 4.45. The summed E-state index contributed by atoms with van der Waals surface area (Å²) in [5.41, 5.74) is 0.549. The fourth-order valence-electron chi connectivity index (χ4n) is 1.44. The van der Waals surface area contributed by atoms with Crippen LogP contribution in [0.5, 0.6) is 0 Å². The normalized spacial score (nSPS) is 10.8. The molecule has 0 saturated heterocycles. The van der Waals surface area contributed by atoms with Crippen LogP contribution in [0.2, 0.25) is 10.0 Å². The highest BCUT2D eigenvalue weighted by Gasteiger charge is 2.07. The average Bonchev–Trinajstić information content (AvgIpc) is 2.34. The van der Waals surface area contributed by atoms with Gasteiger partial charge in [0.1, 0.15) is 0 Å². The standard InChI is InChI=1S/C13H19Cl2N3O/c1-18(2)9-8-16-7-6-12(19)17-11-5-3-4-10(14)13(11)15/h3-5,16H,6-9H2,1-2H3,(H,17,19). The van der Waals surface area contributed by atoms with Gasteiger partial charge < -0.3 is 15.5 Å². The molecule has 1 rings (SSSR count). The number of benzene rings is 1. The van der Waals surface area contributed by atoms with Crippen molar-refractivity contribution in [3.63, 3.8) is 0 Å². The molecule has 0 heterocycles. The van der Waals surface area contributed by atoms with Gasteiger partial charge in [-0.1, -0.05) is 29.3 Å². The van der Waals surface area contributed by atoms with Crippen LogP contribution in [0.4, 0.5) is 5.69 Å². The van der Waals surface area contributed by atoms with Gasteiger partial charge in [-0.3, -0.25) is 4.79 Å². The van der Waals surface area contributed by atoms with Crippen LogP contribution in [0.15, 0.2) is 18.2 Å². The second-order valence-corrected chi connectivity index (χ2v) is 5.24. The van der Waals surface area contributed by atoms with Gasteiger partial charge in [0.15, 0.2) is 0 Å². The fourth-order valence-corrected chi connectivity index (χ4v) is 1.79. The third kappa shape index (κ3) is 6.25. The number of nitrogens with zero attached hydrogens (tertiary/aromatic N) is 1. The molecule has 6 heteroatoms. The van der Waals surface area contributed by atoms with E-state index in [0.29, 0.717) is 28.7 Å². The fraction of sp³-hybridized carbons (Fsp3) is 0.462. The molecular formula is C13H19Cl2N3O. The van der Waals surface area contributed by atoms with Gasteiger partial charge in [-0.2, -0.15) is 0 Å². The topological polar surface area (TPSA) is 44.4 Å². The first-order valence-electron chi connectivity index (χ1n) is 6.10. The third-order valence-electron chi connectivity index (χ3n) is 2.49. The molecule has 0 saturated carbocycles. The zero-order valence-electron chi connectivity index (χ0n) is 11.2. The summed E-state index contributed by atoms with van der Waals surface area (Å²) in [6, 6.07) is 5.16. The summed E-state index contributed by atoms with van der Waals surface area (Å²) in [5.74, 6) is -0.0819. The maximum Gasteiger partial charge on any atom is 0.225 e. The Morgan fingerprint density at radius 3 is 2.68 bits per heavy atom. The van der Waals surface area contributed by atoms with Gasteiger partial charge in [-0.15, -0.1) is 0 Å². The van der Waals surface area contributed by atoms with Gasteiger partial charge in [-0.25, -0.2) is 0 Å². The smallest absolute Gasteiger partial charge is 0.225 e. The number of amides is 1. The first kappa shape index (κ1) is 16.2. The number of carbonyl (C=O) groups is 1. The lowest BCUT2D eigenvalue weighted by Crippen LogP contribution is -2.29. The van der Waals surface area contributed by atoms with Gasteiger partial charge in [0.25, 0.3) is 0 Å². The highest BCUT2D eigenvalue weighted by atomic mass is 35.5. The van der Waals surface area contributed by atoms with E-state index in [4.69, 9.17) is 23.2 Å². The van der Waals surface area contributed by atoms with Crippen LogP contribution in [0.3, 0.4) is 0 Å². The second kappa shape index (κ2) is 8.38. The van der Waals surface area contributed by atoms with Crippen molar-refractivity contribution in [3.8, 4) is 0 Å². The highest BCUT2D eigenvalue weighted by molar-refractivity contribution is 6.43. The van der Waals surface area contributed by atoms with Crippen molar-refractivity contribution in [2.24, 2.45) is 0 Å². The van der Waals surface area contributed by atoms with Crippen LogP contribution in [-0.4, -0.2) is 44.5 Å². The number of anilines is 1. The molecule has 4 nitrogen and oxygen atoms in total. The summed E-state index contributed by atoms with van der Waals surface area (Å²) < 4.78 is 0. The van der Waals surface area contributed by atoms with E-state index in [0.717, 1.165) is 13.1 Å². The quantitative estimate of drug-likeness (QED) is 0.761. The SMILES string of the molecule is CN(C)CCNCCC(=O)Nc1cccc(Cl)c1Cl. The number of halogens is 2. The summed E-state index contributed by atoms with van der Waals surface area (Å²) in [6.45, 7) is 2.44. The van der Waals surface area contributed by atoms with E-state index in [1.54, 1.807) is 18.2 Å². The third-order valence-corrected chi connectivity index (χ3v) is 3.31. The van der Waals surface area contributed by atoms with Crippen molar-refractivity contribution < 1.29 is 4.79 Å². The van der Waals surface area contributed by atoms with E-state index >= 15 is 0 Å². The minimum atomic E-state index is -0.0819. The van der Waals surface area contributed by atoms with E-state index in [1.807, 2.05) is 14.1 Å². The van der Waals surface area contributed by atoms with Crippen LogP contribution in [0.25, 0.3) is 0 Å². The zero-order valence-corrected chi connectivity index (χ0v) is 12.7. The molecule has 0 radical (unpaired) electrons. The number of hydrogen-bond donors (Lipinski definition) is 2. The monoisotopic (exact) mass is 303 g/mol. The Morgan fingerprint density at radius 1 is 1.26 bits per heavy atom. The highest BCUT2D eigenvalue weighted by Crippen LogP contribution is 2.29. The lowest BCUT2D eigenvalue weighted by molar-refractivity contribution is -0.116. The van der Waals surface area contributed by atoms with E-state index in [1.165, 1.54) is 0 Å². The Morgan fingerprint density at radius 2 is 2.00 bits per heavy atom. The molecule has 0 atom stereocenters. The predicted octanol–water partition coefficient (Wildman–Crippen LogP) is 2.47. The van der Waals surface area contributed by atoms with E-state index < -0.39 is 0 Å². The zero-order chi connectivity index (χ0) is 14.3. The number of carbonyl (C=O) groups excluding carboxylic acids is 1. The van der Waals surface area contributed by atoms with E-state index in [-0.39, 0.29) is 5.91 Å². The van der Waals surface area contributed by atoms with Crippen LogP contribution in [-0.2, 0) is 4.79 Å². The summed E-state index contributed by atoms with van der Waals surface area (Å²) in [7, 11) is 4.02. The molecule has 2 N–H and O–H groups in total. The predicted molar refractivity (Wildman–Crippen MR) is 81.1 cm³/mol. The van der Waals surface area contributed by atoms with Crippen molar-refractivity contribution in [1.29, 1.82) is 0 Å². The maximum absolute atomic E-state index is 11.7. The van der Waals surface area contributed by atoms with Crippen molar-refractivity contribution >= 4 is 34.8 Å². The summed E-state index contributed by atoms with van der Waals surface area (Å²) >= 11 is 11.9. The Bertz CT molecular complexity index is 424. The Labute approximate surface area is 124 Å². The van der Waals surface area contributed by atoms with E-state index in [9.17, 15) is 4.79 Å². The van der Waals surface area contributed by atoms with Gasteiger partial charge in [0.05, 0.1) is 15.7 Å². The molecule has 1 aromatic carbocycles. The lowest BCUT2D eigenvalue weighted by atomic mass is 10.3. The summed E-state index contributed by atoms with van der Waals surface area (Å²) in [6.07, 6.45) is 0.399. The minimum Gasteiger partial charge on any atom is -0.325 e. The molecule has 0 aromatic heterocycles. The van der Waals surface area contributed by atoms with Gasteiger partial charge in [0, 0.05) is 26.1 Å². The molecule has 0 bridgehead atoms. The molecule has 19 heavy (non-hydrogen) atoms. The Kier molecular flexibility index (Phi) is 7.16. The summed E-state index contributed by atoms with van der Waals surface area (Å²) in [4.78, 5) is 13.8. The first-order chi connectivity index (χ1) is 9.00. The van der Waals surface area contributed by atoms with E-state index in [2.05, 4.69) is 15.5 Å². The molecule has 106 valence electrons. The van der Waals surface area contributed by atoms with Crippen LogP contribution >= 0.6 is 23.2 Å². The molecular weight excluding hydrogens is 285 g/mol. The number of likely N-dealkylation sites (N-methyl/N-ethyl adjacent to an activating group) is 1. The number of rotatable bonds is 7. The maximum atomic E-state index is 11.7. The van der Waals surface area contributed by atoms with Crippen LogP contribution in [0.1, 0.15) is 6.42 Å². The Hall–Kier alpha value is -0.810. The largest absolute Gasteiger partial charge is 0.325 e. The van der Waals surface area contributed by atoms with Crippen LogP contribution in [0, 0.1) is 0 Å². The molecule has 0 unspecified atom stereocenters. The molecule has 0 aliphatic rings. The van der Waals surface area contributed by atoms with Gasteiger partial charge in [-0.05, 0) is 26.2 Å². The Balaban J connectivity index is 2.29. The van der Waals surface area contributed by atoms with Crippen molar-refractivity contribution in [2.75, 3.05) is 39.0 Å². The number of nitrogens with one attached hydrogen (secondary N) is 2. The molecule has 0 aliphatic heterocycles. The van der Waals surface area contributed by atoms with Crippen molar-refractivity contribution in [1.82, 2.24) is 10.2 Å². The van der Waals surface area contributed by atoms with Crippen LogP contribution < -0.4 is 10.6 Å². The lowest BCUT2D eigenvalue weighted by Gasteiger charge is -2.11. The molecule has 1 amide bonds. The first-order valence-corrected chi connectivity index (χ1v) is 6.85.